The van der Waals surface area contributed by atoms with Gasteiger partial charge in [-0.25, -0.2) is 9.78 Å². The normalized spacial score (nSPS) is 18.3. The van der Waals surface area contributed by atoms with Crippen molar-refractivity contribution in [1.29, 1.82) is 0 Å². The number of carbonyl (C=O) groups excluding carboxylic acids is 1. The van der Waals surface area contributed by atoms with Crippen LogP contribution in [0.4, 0.5) is 4.79 Å². The number of nitrogens with zero attached hydrogens (tertiary/aromatic N) is 2. The van der Waals surface area contributed by atoms with Gasteiger partial charge in [-0.1, -0.05) is 42.5 Å². The summed E-state index contributed by atoms with van der Waals surface area (Å²) < 4.78 is 0. The molecule has 132 valence electrons. The second-order valence-corrected chi connectivity index (χ2v) is 6.31. The Labute approximate surface area is 150 Å². The Morgan fingerprint density at radius 1 is 1.23 bits per heavy atom. The van der Waals surface area contributed by atoms with E-state index in [2.05, 4.69) is 25.8 Å². The minimum absolute atomic E-state index is 0.309. The molecule has 0 saturated heterocycles. The fourth-order valence-electron chi connectivity index (χ4n) is 3.30. The molecule has 0 saturated carbocycles. The number of rotatable bonds is 4. The van der Waals surface area contributed by atoms with Gasteiger partial charge in [-0.2, -0.15) is 5.10 Å². The van der Waals surface area contributed by atoms with E-state index in [1.807, 2.05) is 48.5 Å². The minimum Gasteiger partial charge on any atom is -0.390 e. The number of aliphatic hydroxyl groups excluding tert-OH is 1. The average molecular weight is 349 g/mol. The maximum absolute atomic E-state index is 12.3. The number of hydrogen-bond acceptors (Lipinski definition) is 4. The molecule has 0 spiro atoms. The highest BCUT2D eigenvalue weighted by Crippen LogP contribution is 2.31. The number of benzene rings is 2. The molecule has 7 heteroatoms. The highest BCUT2D eigenvalue weighted by atomic mass is 16.3. The van der Waals surface area contributed by atoms with Crippen molar-refractivity contribution in [2.45, 2.75) is 25.1 Å². The van der Waals surface area contributed by atoms with Crippen LogP contribution in [-0.2, 0) is 13.0 Å². The van der Waals surface area contributed by atoms with E-state index in [0.29, 0.717) is 18.8 Å². The van der Waals surface area contributed by atoms with E-state index in [0.717, 1.165) is 22.3 Å². The van der Waals surface area contributed by atoms with Crippen LogP contribution in [0.15, 0.2) is 54.9 Å². The fourth-order valence-corrected chi connectivity index (χ4v) is 3.30. The third-order valence-electron chi connectivity index (χ3n) is 4.56. The number of hydrogen-bond donors (Lipinski definition) is 4. The maximum Gasteiger partial charge on any atom is 0.315 e. The summed E-state index contributed by atoms with van der Waals surface area (Å²) in [6.07, 6.45) is 1.41. The predicted octanol–water partition coefficient (Wildman–Crippen LogP) is 1.93. The second kappa shape index (κ2) is 6.97. The standard InChI is InChI=1S/C19H19N5O2/c25-16-9-13-5-1-2-7-15(13)17(16)23-19(26)20-10-12-4-3-6-14(8-12)18-21-11-22-24-18/h1-8,11,16-17,25H,9-10H2,(H2,20,23,26)(H,21,22,24). The topological polar surface area (TPSA) is 103 Å². The van der Waals surface area contributed by atoms with Gasteiger partial charge in [0.15, 0.2) is 5.82 Å². The van der Waals surface area contributed by atoms with Gasteiger partial charge < -0.3 is 15.7 Å². The van der Waals surface area contributed by atoms with E-state index >= 15 is 0 Å². The largest absolute Gasteiger partial charge is 0.390 e. The number of aromatic amines is 1. The molecule has 7 nitrogen and oxygen atoms in total. The summed E-state index contributed by atoms with van der Waals surface area (Å²) >= 11 is 0. The lowest BCUT2D eigenvalue weighted by atomic mass is 10.1. The SMILES string of the molecule is O=C(NCc1cccc(-c2ncn[nH]2)c1)NC1c2ccccc2CC1O. The summed E-state index contributed by atoms with van der Waals surface area (Å²) in [4.78, 5) is 16.4. The number of urea groups is 1. The van der Waals surface area contributed by atoms with E-state index in [9.17, 15) is 9.90 Å². The maximum atomic E-state index is 12.3. The number of aromatic nitrogens is 3. The molecule has 2 amide bonds. The van der Waals surface area contributed by atoms with Crippen molar-refractivity contribution in [3.63, 3.8) is 0 Å². The number of amides is 2. The number of carbonyl (C=O) groups is 1. The van der Waals surface area contributed by atoms with Crippen LogP contribution in [0, 0.1) is 0 Å². The molecule has 2 atom stereocenters. The van der Waals surface area contributed by atoms with Crippen LogP contribution in [0.2, 0.25) is 0 Å². The van der Waals surface area contributed by atoms with Crippen LogP contribution < -0.4 is 10.6 Å². The molecule has 0 bridgehead atoms. The van der Waals surface area contributed by atoms with Gasteiger partial charge in [0.1, 0.15) is 6.33 Å². The first-order chi connectivity index (χ1) is 12.7. The lowest BCUT2D eigenvalue weighted by molar-refractivity contribution is 0.142. The van der Waals surface area contributed by atoms with Crippen LogP contribution in [0.5, 0.6) is 0 Å². The van der Waals surface area contributed by atoms with Crippen LogP contribution in [0.1, 0.15) is 22.7 Å². The zero-order valence-corrected chi connectivity index (χ0v) is 14.0. The molecule has 3 aromatic rings. The van der Waals surface area contributed by atoms with Crippen molar-refractivity contribution in [3.8, 4) is 11.4 Å². The molecular weight excluding hydrogens is 330 g/mol. The Kier molecular flexibility index (Phi) is 4.37. The monoisotopic (exact) mass is 349 g/mol. The van der Waals surface area contributed by atoms with Gasteiger partial charge in [-0.15, -0.1) is 0 Å². The average Bonchev–Trinajstić information content (AvgIpc) is 3.29. The Bertz CT molecular complexity index is 910. The quantitative estimate of drug-likeness (QED) is 0.578. The van der Waals surface area contributed by atoms with Gasteiger partial charge in [0.2, 0.25) is 0 Å². The lowest BCUT2D eigenvalue weighted by Crippen LogP contribution is -2.40. The highest BCUT2D eigenvalue weighted by Gasteiger charge is 2.31. The molecular formula is C19H19N5O2. The number of H-pyrrole nitrogens is 1. The van der Waals surface area contributed by atoms with E-state index in [-0.39, 0.29) is 12.1 Å². The van der Waals surface area contributed by atoms with E-state index < -0.39 is 6.10 Å². The number of fused-ring (bicyclic) bond motifs is 1. The summed E-state index contributed by atoms with van der Waals surface area (Å²) in [6.45, 7) is 0.373. The van der Waals surface area contributed by atoms with Crippen LogP contribution in [0.3, 0.4) is 0 Å². The van der Waals surface area contributed by atoms with Crippen LogP contribution in [0.25, 0.3) is 11.4 Å². The van der Waals surface area contributed by atoms with E-state index in [1.54, 1.807) is 0 Å². The van der Waals surface area contributed by atoms with E-state index in [1.165, 1.54) is 6.33 Å². The molecule has 26 heavy (non-hydrogen) atoms. The fraction of sp³-hybridized carbons (Fsp3) is 0.211. The van der Waals surface area contributed by atoms with Crippen LogP contribution >= 0.6 is 0 Å². The molecule has 0 aliphatic heterocycles. The van der Waals surface area contributed by atoms with Crippen molar-refractivity contribution in [1.82, 2.24) is 25.8 Å². The lowest BCUT2D eigenvalue weighted by Gasteiger charge is -2.18. The summed E-state index contributed by atoms with van der Waals surface area (Å²) in [5.41, 5.74) is 3.90. The first kappa shape index (κ1) is 16.3. The Morgan fingerprint density at radius 2 is 2.12 bits per heavy atom. The minimum atomic E-state index is -0.604. The highest BCUT2D eigenvalue weighted by molar-refractivity contribution is 5.75. The van der Waals surface area contributed by atoms with Gasteiger partial charge in [-0.3, -0.25) is 5.10 Å². The first-order valence-electron chi connectivity index (χ1n) is 8.45. The zero-order chi connectivity index (χ0) is 17.9. The summed E-state index contributed by atoms with van der Waals surface area (Å²) in [5.74, 6) is 0.682. The Hall–Kier alpha value is -3.19. The smallest absolute Gasteiger partial charge is 0.315 e. The molecule has 2 aromatic carbocycles. The zero-order valence-electron chi connectivity index (χ0n) is 14.0. The number of nitrogens with one attached hydrogen (secondary N) is 3. The predicted molar refractivity (Wildman–Crippen MR) is 96.1 cm³/mol. The second-order valence-electron chi connectivity index (χ2n) is 6.31. The molecule has 1 aliphatic rings. The van der Waals surface area contributed by atoms with Crippen molar-refractivity contribution in [2.75, 3.05) is 0 Å². The summed E-state index contributed by atoms with van der Waals surface area (Å²) in [6, 6.07) is 14.8. The van der Waals surface area contributed by atoms with Crippen LogP contribution in [-0.4, -0.2) is 32.4 Å². The van der Waals surface area contributed by atoms with Crippen molar-refractivity contribution >= 4 is 6.03 Å². The van der Waals surface area contributed by atoms with Crippen molar-refractivity contribution in [3.05, 3.63) is 71.5 Å². The molecule has 0 radical (unpaired) electrons. The first-order valence-corrected chi connectivity index (χ1v) is 8.45. The van der Waals surface area contributed by atoms with Crippen molar-refractivity contribution in [2.24, 2.45) is 0 Å². The summed E-state index contributed by atoms with van der Waals surface area (Å²) in [7, 11) is 0. The van der Waals surface area contributed by atoms with Gasteiger partial charge >= 0.3 is 6.03 Å². The molecule has 0 fully saturated rings. The Morgan fingerprint density at radius 3 is 2.96 bits per heavy atom. The molecule has 1 aliphatic carbocycles. The molecule has 4 rings (SSSR count). The Balaban J connectivity index is 1.38. The summed E-state index contributed by atoms with van der Waals surface area (Å²) in [5, 5.41) is 22.6. The molecule has 4 N–H and O–H groups in total. The molecule has 2 unspecified atom stereocenters. The van der Waals surface area contributed by atoms with Gasteiger partial charge in [0, 0.05) is 18.5 Å². The van der Waals surface area contributed by atoms with Gasteiger partial charge in [-0.05, 0) is 22.8 Å². The van der Waals surface area contributed by atoms with Crippen molar-refractivity contribution < 1.29 is 9.90 Å². The number of aliphatic hydroxyl groups is 1. The third kappa shape index (κ3) is 3.29. The molecule has 1 heterocycles. The van der Waals surface area contributed by atoms with Gasteiger partial charge in [0.05, 0.1) is 12.1 Å². The van der Waals surface area contributed by atoms with E-state index in [4.69, 9.17) is 0 Å². The van der Waals surface area contributed by atoms with Gasteiger partial charge in [0.25, 0.3) is 0 Å². The third-order valence-corrected chi connectivity index (χ3v) is 4.56. The molecule has 1 aromatic heterocycles.